The predicted octanol–water partition coefficient (Wildman–Crippen LogP) is 5.03. The second kappa shape index (κ2) is 6.79. The van der Waals surface area contributed by atoms with Crippen molar-refractivity contribution in [2.24, 2.45) is 11.1 Å². The molecule has 2 bridgehead atoms. The minimum atomic E-state index is 0.133. The van der Waals surface area contributed by atoms with Gasteiger partial charge in [0.1, 0.15) is 0 Å². The maximum atomic E-state index is 9.97. The highest BCUT2D eigenvalue weighted by Crippen LogP contribution is 2.59. The van der Waals surface area contributed by atoms with Gasteiger partial charge in [-0.1, -0.05) is 65.8 Å². The van der Waals surface area contributed by atoms with E-state index >= 15 is 0 Å². The van der Waals surface area contributed by atoms with Gasteiger partial charge in [0.2, 0.25) is 0 Å². The van der Waals surface area contributed by atoms with Crippen LogP contribution in [0.1, 0.15) is 55.1 Å². The zero-order chi connectivity index (χ0) is 18.3. The molecule has 1 N–H and O–H groups in total. The van der Waals surface area contributed by atoms with Crippen molar-refractivity contribution in [3.63, 3.8) is 0 Å². The van der Waals surface area contributed by atoms with E-state index < -0.39 is 0 Å². The second-order valence-corrected chi connectivity index (χ2v) is 8.65. The van der Waals surface area contributed by atoms with Gasteiger partial charge in [-0.2, -0.15) is 0 Å². The molecule has 4 fully saturated rings. The van der Waals surface area contributed by atoms with Crippen LogP contribution in [0.3, 0.4) is 0 Å². The van der Waals surface area contributed by atoms with Crippen LogP contribution in [-0.2, 0) is 0 Å². The molecule has 1 heterocycles. The predicted molar refractivity (Wildman–Crippen MR) is 108 cm³/mol. The normalized spacial score (nSPS) is 35.0. The lowest BCUT2D eigenvalue weighted by atomic mass is 9.52. The molecule has 1 saturated heterocycles. The average molecular weight is 361 g/mol. The molecule has 0 amide bonds. The van der Waals surface area contributed by atoms with Crippen molar-refractivity contribution >= 4 is 5.71 Å². The van der Waals surface area contributed by atoms with Crippen LogP contribution in [0.2, 0.25) is 0 Å². The molecule has 0 spiro atoms. The molecule has 0 unspecified atom stereocenters. The van der Waals surface area contributed by atoms with Crippen molar-refractivity contribution in [1.82, 2.24) is 4.90 Å². The first-order valence-electron chi connectivity index (χ1n) is 10.4. The molecule has 4 aliphatic rings. The molecule has 140 valence electrons. The van der Waals surface area contributed by atoms with Crippen LogP contribution in [0.5, 0.6) is 0 Å². The molecule has 1 aliphatic heterocycles. The van der Waals surface area contributed by atoms with E-state index in [0.29, 0.717) is 17.8 Å². The minimum Gasteiger partial charge on any atom is -0.411 e. The summed E-state index contributed by atoms with van der Waals surface area (Å²) in [4.78, 5) is 2.72. The quantitative estimate of drug-likeness (QED) is 0.615. The van der Waals surface area contributed by atoms with E-state index in [1.165, 1.54) is 49.9 Å². The monoisotopic (exact) mass is 360 g/mol. The number of hydrogen-bond acceptors (Lipinski definition) is 3. The molecule has 3 aliphatic carbocycles. The summed E-state index contributed by atoms with van der Waals surface area (Å²) in [6, 6.07) is 21.8. The molecule has 3 saturated carbocycles. The Morgan fingerprint density at radius 2 is 1.33 bits per heavy atom. The first kappa shape index (κ1) is 17.0. The fourth-order valence-electron chi connectivity index (χ4n) is 6.21. The van der Waals surface area contributed by atoms with Crippen molar-refractivity contribution < 1.29 is 5.21 Å². The van der Waals surface area contributed by atoms with Crippen molar-refractivity contribution in [1.29, 1.82) is 0 Å². The number of benzene rings is 2. The number of nitrogens with zero attached hydrogens (tertiary/aromatic N) is 2. The highest BCUT2D eigenvalue weighted by atomic mass is 16.4. The molecule has 2 aromatic carbocycles. The molecule has 3 heteroatoms. The maximum absolute atomic E-state index is 9.97. The van der Waals surface area contributed by atoms with Crippen molar-refractivity contribution in [3.8, 4) is 0 Å². The topological polar surface area (TPSA) is 35.8 Å². The zero-order valence-corrected chi connectivity index (χ0v) is 15.8. The lowest BCUT2D eigenvalue weighted by Crippen LogP contribution is -2.60. The number of oxime groups is 1. The summed E-state index contributed by atoms with van der Waals surface area (Å²) in [5, 5.41) is 13.9. The third-order valence-electron chi connectivity index (χ3n) is 7.32. The fraction of sp³-hybridized carbons (Fsp3) is 0.458. The van der Waals surface area contributed by atoms with E-state index in [1.54, 1.807) is 0 Å². The fourth-order valence-corrected chi connectivity index (χ4v) is 6.21. The third kappa shape index (κ3) is 2.80. The molecule has 6 rings (SSSR count). The van der Waals surface area contributed by atoms with Gasteiger partial charge >= 0.3 is 0 Å². The van der Waals surface area contributed by atoms with Crippen LogP contribution >= 0.6 is 0 Å². The lowest BCUT2D eigenvalue weighted by Gasteiger charge is -2.58. The maximum Gasteiger partial charge on any atom is 0.0632 e. The Kier molecular flexibility index (Phi) is 4.28. The van der Waals surface area contributed by atoms with Gasteiger partial charge in [-0.25, -0.2) is 0 Å². The number of rotatable bonds is 3. The first-order chi connectivity index (χ1) is 13.3. The summed E-state index contributed by atoms with van der Waals surface area (Å²) < 4.78 is 0. The summed E-state index contributed by atoms with van der Waals surface area (Å²) in [7, 11) is 0. The van der Waals surface area contributed by atoms with Gasteiger partial charge in [-0.3, -0.25) is 4.90 Å². The third-order valence-corrected chi connectivity index (χ3v) is 7.32. The highest BCUT2D eigenvalue weighted by molar-refractivity contribution is 5.91. The Morgan fingerprint density at radius 3 is 1.81 bits per heavy atom. The number of likely N-dealkylation sites (tertiary alicyclic amines) is 1. The highest BCUT2D eigenvalue weighted by Gasteiger charge is 2.57. The summed E-state index contributed by atoms with van der Waals surface area (Å²) in [5.74, 6) is 1.14. The van der Waals surface area contributed by atoms with Crippen LogP contribution < -0.4 is 0 Å². The van der Waals surface area contributed by atoms with Crippen molar-refractivity contribution in [2.45, 2.75) is 49.5 Å². The second-order valence-electron chi connectivity index (χ2n) is 8.65. The molecule has 2 atom stereocenters. The Hall–Kier alpha value is -2.13. The smallest absolute Gasteiger partial charge is 0.0632 e. The lowest BCUT2D eigenvalue weighted by molar-refractivity contribution is 0.0266. The van der Waals surface area contributed by atoms with Crippen LogP contribution in [-0.4, -0.2) is 34.4 Å². The molecular weight excluding hydrogens is 332 g/mol. The minimum absolute atomic E-state index is 0.133. The number of fused-ring (bicyclic) bond motifs is 3. The van der Waals surface area contributed by atoms with E-state index in [2.05, 4.69) is 70.7 Å². The van der Waals surface area contributed by atoms with Crippen LogP contribution in [0, 0.1) is 5.92 Å². The summed E-state index contributed by atoms with van der Waals surface area (Å²) in [5.41, 5.74) is 3.94. The van der Waals surface area contributed by atoms with Gasteiger partial charge in [-0.15, -0.1) is 0 Å². The Balaban J connectivity index is 1.63. The van der Waals surface area contributed by atoms with E-state index in [-0.39, 0.29) is 5.54 Å². The number of hydrogen-bond donors (Lipinski definition) is 1. The molecule has 3 nitrogen and oxygen atoms in total. The first-order valence-corrected chi connectivity index (χ1v) is 10.4. The van der Waals surface area contributed by atoms with Gasteiger partial charge in [0.05, 0.1) is 5.71 Å². The Labute approximate surface area is 161 Å². The van der Waals surface area contributed by atoms with Gasteiger partial charge in [0.25, 0.3) is 0 Å². The van der Waals surface area contributed by atoms with Crippen molar-refractivity contribution in [2.75, 3.05) is 13.1 Å². The largest absolute Gasteiger partial charge is 0.411 e. The Morgan fingerprint density at radius 1 is 0.815 bits per heavy atom. The summed E-state index contributed by atoms with van der Waals surface area (Å²) >= 11 is 0. The van der Waals surface area contributed by atoms with Gasteiger partial charge in [0, 0.05) is 17.9 Å². The van der Waals surface area contributed by atoms with E-state index in [1.807, 2.05) is 0 Å². The van der Waals surface area contributed by atoms with E-state index in [0.717, 1.165) is 12.1 Å². The van der Waals surface area contributed by atoms with E-state index in [4.69, 9.17) is 0 Å². The molecule has 27 heavy (non-hydrogen) atoms. The molecular formula is C24H28N2O. The zero-order valence-electron chi connectivity index (χ0n) is 15.8. The molecule has 0 radical (unpaired) electrons. The Bertz CT molecular complexity index is 761. The van der Waals surface area contributed by atoms with Gasteiger partial charge < -0.3 is 5.21 Å². The van der Waals surface area contributed by atoms with E-state index in [9.17, 15) is 5.21 Å². The molecule has 0 aromatic heterocycles. The summed E-state index contributed by atoms with van der Waals surface area (Å²) in [6.07, 6.45) is 5.89. The van der Waals surface area contributed by atoms with Crippen molar-refractivity contribution in [3.05, 3.63) is 71.8 Å². The van der Waals surface area contributed by atoms with Crippen LogP contribution in [0.15, 0.2) is 65.8 Å². The van der Waals surface area contributed by atoms with Crippen LogP contribution in [0.25, 0.3) is 0 Å². The van der Waals surface area contributed by atoms with Gasteiger partial charge in [-0.05, 0) is 61.7 Å². The SMILES string of the molecule is O/N=C1/CC2(N3CCCC3)C[C@@H](c3ccccc3)C1[C@H](c1ccccc1)C2. The van der Waals surface area contributed by atoms with Gasteiger partial charge in [0.15, 0.2) is 0 Å². The van der Waals surface area contributed by atoms with Crippen LogP contribution in [0.4, 0.5) is 0 Å². The molecule has 2 aromatic rings. The average Bonchev–Trinajstić information content (AvgIpc) is 3.30. The standard InChI is InChI=1S/C24H28N2O/c27-25-22-17-24(26-13-7-8-14-26)15-20(18-9-3-1-4-10-18)23(22)21(16-24)19-11-5-2-6-12-19/h1-6,9-12,20-21,23,27H,7-8,13-17H2/b25-22-/t20-,21-,23?,24?/m0/s1. The summed E-state index contributed by atoms with van der Waals surface area (Å²) in [6.45, 7) is 2.37.